The fourth-order valence-electron chi connectivity index (χ4n) is 8.03. The zero-order valence-corrected chi connectivity index (χ0v) is 33.5. The zero-order valence-electron chi connectivity index (χ0n) is 33.5. The molecular weight excluding hydrogens is 868 g/mol. The van der Waals surface area contributed by atoms with Gasteiger partial charge in [-0.3, -0.25) is 24.0 Å². The van der Waals surface area contributed by atoms with Gasteiger partial charge in [-0.15, -0.1) is 0 Å². The van der Waals surface area contributed by atoms with Gasteiger partial charge in [0.1, 0.15) is 101 Å². The van der Waals surface area contributed by atoms with Crippen molar-refractivity contribution in [3.8, 4) is 11.5 Å². The van der Waals surface area contributed by atoms with Gasteiger partial charge >= 0.3 is 0 Å². The van der Waals surface area contributed by atoms with Crippen molar-refractivity contribution in [1.29, 1.82) is 0 Å². The molecule has 1 saturated carbocycles. The first-order valence-corrected chi connectivity index (χ1v) is 19.6. The van der Waals surface area contributed by atoms with Crippen LogP contribution in [0.15, 0.2) is 94.7 Å². The Balaban J connectivity index is 1.56. The van der Waals surface area contributed by atoms with E-state index in [1.165, 1.54) is 48.5 Å². The van der Waals surface area contributed by atoms with Crippen LogP contribution in [0.3, 0.4) is 0 Å². The second-order valence-electron chi connectivity index (χ2n) is 15.7. The third kappa shape index (κ3) is 8.31. The van der Waals surface area contributed by atoms with Crippen molar-refractivity contribution in [3.63, 3.8) is 0 Å². The van der Waals surface area contributed by atoms with Gasteiger partial charge in [-0.25, -0.2) is 0 Å². The predicted molar refractivity (Wildman–Crippen MR) is 214 cm³/mol. The third-order valence-corrected chi connectivity index (χ3v) is 11.7. The molecule has 2 aromatic rings. The fourth-order valence-corrected chi connectivity index (χ4v) is 8.03. The van der Waals surface area contributed by atoms with Gasteiger partial charge < -0.3 is 86.1 Å². The lowest BCUT2D eigenvalue weighted by Crippen LogP contribution is -2.73. The summed E-state index contributed by atoms with van der Waals surface area (Å²) in [5.74, 6) is -16.9. The number of phenolic OH excluding ortho intramolecular Hbond substituents is 2. The van der Waals surface area contributed by atoms with Crippen LogP contribution in [-0.2, 0) is 33.4 Å². The molecule has 13 atom stereocenters. The van der Waals surface area contributed by atoms with E-state index in [4.69, 9.17) is 9.47 Å². The van der Waals surface area contributed by atoms with Crippen LogP contribution in [0.4, 0.5) is 0 Å². The van der Waals surface area contributed by atoms with Crippen molar-refractivity contribution in [2.75, 3.05) is 13.2 Å². The number of hydrogen-bond acceptors (Lipinski definition) is 22. The number of ether oxygens (including phenoxy) is 2. The van der Waals surface area contributed by atoms with Gasteiger partial charge in [0.05, 0.1) is 19.1 Å². The maximum Gasteiger partial charge on any atom is 0.219 e. The van der Waals surface area contributed by atoms with E-state index < -0.39 is 161 Å². The molecule has 0 spiro atoms. The number of benzene rings is 2. The Morgan fingerprint density at radius 3 is 1.38 bits per heavy atom. The summed E-state index contributed by atoms with van der Waals surface area (Å²) in [4.78, 5) is 72.1. The number of Topliss-reactive ketones (excluding diaryl/α,β-unsaturated/α-hetero) is 5. The van der Waals surface area contributed by atoms with Gasteiger partial charge in [-0.1, -0.05) is 36.4 Å². The molecule has 2 aliphatic heterocycles. The molecule has 6 rings (SSSR count). The fraction of sp³-hybridized carbons (Fsp3) is 0.372. The van der Waals surface area contributed by atoms with Crippen LogP contribution in [0.25, 0.3) is 12.2 Å². The second-order valence-corrected chi connectivity index (χ2v) is 15.7. The molecule has 0 radical (unpaired) electrons. The van der Waals surface area contributed by atoms with E-state index in [9.17, 15) is 101 Å². The van der Waals surface area contributed by atoms with Gasteiger partial charge in [-0.2, -0.15) is 0 Å². The SMILES string of the molecule is O=C1/C(=C(O)/C=C/c2ccc(O)cc2)C(=O)[C@](O)([C@@H]2OC(CO)[C@@H](O)C(O)C2O)C(=O)C1CC1=C(O)/C(=C(O)/C=C/c2ccc(O)cc2)C(=O)[C@](O)([C@@H]2O[C@@H](CO)[C@@H](O)C(O)C2O)C1=O. The Morgan fingerprint density at radius 1 is 0.554 bits per heavy atom. The number of aliphatic hydroxyl groups is 13. The summed E-state index contributed by atoms with van der Waals surface area (Å²) in [6.45, 7) is -2.32. The zero-order chi connectivity index (χ0) is 48.0. The summed E-state index contributed by atoms with van der Waals surface area (Å²) in [6, 6.07) is 10.1. The van der Waals surface area contributed by atoms with Crippen molar-refractivity contribution in [2.45, 2.75) is 78.7 Å². The Morgan fingerprint density at radius 2 is 0.954 bits per heavy atom. The first-order valence-electron chi connectivity index (χ1n) is 19.6. The molecule has 0 amide bonds. The molecule has 65 heavy (non-hydrogen) atoms. The normalized spacial score (nSPS) is 36.5. The number of rotatable bonds is 10. The standard InChI is InChI=1S/C43H44O22/c44-14-24-30(52)32(54)34(56)40(64-24)42(62)36(58)20(28(50)26(38(42)60)22(48)11-5-16-1-7-18(46)8-2-16)13-21-29(51)27(23(49)12-6-17-3-9-19(47)10-4-17)39(61)43(63,37(21)59)41-35(57)33(55)31(53)25(15-45)65-41/h1-12,20,24-25,30-35,40-41,44-49,51-57,62-63H,13-15H2/b11-5+,12-6+,26-22+,27-23+/t20?,24?,25-,30+,31+,32?,33?,34?,35?,40+,41+,42-,43-/m0/s1. The monoisotopic (exact) mass is 912 g/mol. The summed E-state index contributed by atoms with van der Waals surface area (Å²) < 4.78 is 10.7. The van der Waals surface area contributed by atoms with Crippen LogP contribution in [0.5, 0.6) is 11.5 Å². The third-order valence-electron chi connectivity index (χ3n) is 11.7. The molecule has 2 aliphatic carbocycles. The molecule has 22 heteroatoms. The van der Waals surface area contributed by atoms with Gasteiger partial charge in [0.2, 0.25) is 28.6 Å². The number of ketones is 5. The lowest BCUT2D eigenvalue weighted by atomic mass is 9.64. The molecule has 348 valence electrons. The molecule has 2 aromatic carbocycles. The number of carbonyl (C=O) groups excluding carboxylic acids is 5. The van der Waals surface area contributed by atoms with E-state index in [1.54, 1.807) is 0 Å². The number of phenols is 2. The van der Waals surface area contributed by atoms with Crippen molar-refractivity contribution < 1.29 is 110 Å². The Bertz CT molecular complexity index is 2390. The van der Waals surface area contributed by atoms with Crippen LogP contribution in [0.2, 0.25) is 0 Å². The van der Waals surface area contributed by atoms with E-state index >= 15 is 0 Å². The molecule has 22 nitrogen and oxygen atoms in total. The average molecular weight is 913 g/mol. The Hall–Kier alpha value is -5.99. The predicted octanol–water partition coefficient (Wildman–Crippen LogP) is -3.71. The smallest absolute Gasteiger partial charge is 0.219 e. The maximum absolute atomic E-state index is 14.6. The molecule has 0 aromatic heterocycles. The van der Waals surface area contributed by atoms with E-state index in [2.05, 4.69) is 0 Å². The molecule has 4 aliphatic rings. The van der Waals surface area contributed by atoms with Crippen molar-refractivity contribution in [2.24, 2.45) is 5.92 Å². The summed E-state index contributed by atoms with van der Waals surface area (Å²) in [5.41, 5.74) is -11.5. The van der Waals surface area contributed by atoms with E-state index in [1.807, 2.05) is 0 Å². The highest BCUT2D eigenvalue weighted by Crippen LogP contribution is 2.44. The van der Waals surface area contributed by atoms with E-state index in [0.717, 1.165) is 24.3 Å². The van der Waals surface area contributed by atoms with Crippen LogP contribution in [0, 0.1) is 5.92 Å². The van der Waals surface area contributed by atoms with Crippen molar-refractivity contribution >= 4 is 41.1 Å². The number of allylic oxidation sites excluding steroid dienone is 3. The van der Waals surface area contributed by atoms with Crippen LogP contribution in [0.1, 0.15) is 17.5 Å². The number of aromatic hydroxyl groups is 2. The lowest BCUT2D eigenvalue weighted by molar-refractivity contribution is -0.262. The van der Waals surface area contributed by atoms with Gasteiger partial charge in [-0.05, 0) is 54.0 Å². The van der Waals surface area contributed by atoms with E-state index in [0.29, 0.717) is 0 Å². The molecule has 15 N–H and O–H groups in total. The van der Waals surface area contributed by atoms with Crippen LogP contribution < -0.4 is 0 Å². The maximum atomic E-state index is 14.6. The van der Waals surface area contributed by atoms with Crippen LogP contribution >= 0.6 is 0 Å². The van der Waals surface area contributed by atoms with E-state index in [-0.39, 0.29) is 22.6 Å². The minimum Gasteiger partial charge on any atom is -0.508 e. The Kier molecular flexibility index (Phi) is 13.8. The largest absolute Gasteiger partial charge is 0.508 e. The molecule has 2 saturated heterocycles. The average Bonchev–Trinajstić information content (AvgIpc) is 3.28. The van der Waals surface area contributed by atoms with Gasteiger partial charge in [0, 0.05) is 5.57 Å². The molecular formula is C43H44O22. The summed E-state index contributed by atoms with van der Waals surface area (Å²) in [7, 11) is 0. The van der Waals surface area contributed by atoms with Gasteiger partial charge in [0.25, 0.3) is 0 Å². The lowest BCUT2D eigenvalue weighted by Gasteiger charge is -2.48. The first kappa shape index (κ1) is 48.5. The highest BCUT2D eigenvalue weighted by molar-refractivity contribution is 6.39. The molecule has 0 bridgehead atoms. The Labute approximate surface area is 365 Å². The minimum atomic E-state index is -3.90. The number of hydrogen-bond donors (Lipinski definition) is 15. The van der Waals surface area contributed by atoms with Crippen molar-refractivity contribution in [3.05, 3.63) is 106 Å². The number of aliphatic hydroxyl groups excluding tert-OH is 11. The minimum absolute atomic E-state index is 0.174. The summed E-state index contributed by atoms with van der Waals surface area (Å²) in [5, 5.41) is 162. The quantitative estimate of drug-likeness (QED) is 0.0472. The highest BCUT2D eigenvalue weighted by Gasteiger charge is 2.68. The summed E-state index contributed by atoms with van der Waals surface area (Å²) in [6.07, 6.45) is -21.3. The number of carbonyl (C=O) groups is 5. The molecule has 3 fully saturated rings. The topological polar surface area (TPSA) is 407 Å². The van der Waals surface area contributed by atoms with Crippen LogP contribution in [-0.4, -0.2) is 191 Å². The summed E-state index contributed by atoms with van der Waals surface area (Å²) >= 11 is 0. The molecule has 6 unspecified atom stereocenters. The van der Waals surface area contributed by atoms with Gasteiger partial charge in [0.15, 0.2) is 11.6 Å². The van der Waals surface area contributed by atoms with Crippen molar-refractivity contribution in [1.82, 2.24) is 0 Å². The second kappa shape index (κ2) is 18.5. The highest BCUT2D eigenvalue weighted by atomic mass is 16.6. The molecule has 2 heterocycles. The first-order chi connectivity index (χ1) is 30.5.